The van der Waals surface area contributed by atoms with Crippen molar-refractivity contribution in [2.45, 2.75) is 25.8 Å². The average molecular weight is 235 g/mol. The standard InChI is InChI=1S/C4H8N2O3.C4H9NO2/c5-2-1-3(7)6-4(8)9;1-2-3(5)4(6)7/h1-2,5H2,(H,6,7)(H,8,9);3H,2,5H2,1H3,(H,6,7). The zero-order valence-corrected chi connectivity index (χ0v) is 8.97. The summed E-state index contributed by atoms with van der Waals surface area (Å²) in [6, 6.07) is -0.681. The molecule has 1 unspecified atom stereocenters. The SMILES string of the molecule is CCC(N)C(=O)O.NCCC(=O)NC(=O)O. The van der Waals surface area contributed by atoms with Gasteiger partial charge in [0.1, 0.15) is 6.04 Å². The van der Waals surface area contributed by atoms with Crippen LogP contribution in [0.2, 0.25) is 0 Å². The summed E-state index contributed by atoms with van der Waals surface area (Å²) < 4.78 is 0. The number of aliphatic carboxylic acids is 1. The number of hydrogen-bond donors (Lipinski definition) is 5. The Kier molecular flexibility index (Phi) is 10.3. The molecule has 0 bridgehead atoms. The molecule has 0 aromatic carbocycles. The van der Waals surface area contributed by atoms with Gasteiger partial charge in [-0.05, 0) is 6.42 Å². The number of rotatable bonds is 4. The van der Waals surface area contributed by atoms with Crippen LogP contribution in [0.5, 0.6) is 0 Å². The topological polar surface area (TPSA) is 156 Å². The van der Waals surface area contributed by atoms with E-state index >= 15 is 0 Å². The number of nitrogens with one attached hydrogen (secondary N) is 1. The Morgan fingerprint density at radius 3 is 2.00 bits per heavy atom. The third-order valence-corrected chi connectivity index (χ3v) is 1.37. The lowest BCUT2D eigenvalue weighted by Crippen LogP contribution is -2.30. The van der Waals surface area contributed by atoms with Crippen molar-refractivity contribution in [1.82, 2.24) is 5.32 Å². The normalized spacial score (nSPS) is 10.7. The number of nitrogens with two attached hydrogens (primary N) is 2. The minimum atomic E-state index is -1.34. The lowest BCUT2D eigenvalue weighted by atomic mass is 10.2. The maximum Gasteiger partial charge on any atom is 0.411 e. The number of hydrogen-bond acceptors (Lipinski definition) is 5. The molecule has 0 aliphatic heterocycles. The number of carboxylic acid groups (broad SMARTS) is 2. The van der Waals surface area contributed by atoms with Gasteiger partial charge in [-0.25, -0.2) is 4.79 Å². The van der Waals surface area contributed by atoms with Crippen LogP contribution in [0.3, 0.4) is 0 Å². The van der Waals surface area contributed by atoms with Crippen LogP contribution in [0, 0.1) is 0 Å². The van der Waals surface area contributed by atoms with Crippen LogP contribution in [0.4, 0.5) is 4.79 Å². The summed E-state index contributed by atoms with van der Waals surface area (Å²) in [5, 5.41) is 17.6. The van der Waals surface area contributed by atoms with Crippen molar-refractivity contribution in [3.05, 3.63) is 0 Å². The first-order valence-electron chi connectivity index (χ1n) is 4.56. The second-order valence-corrected chi connectivity index (χ2v) is 2.74. The van der Waals surface area contributed by atoms with Gasteiger partial charge in [0, 0.05) is 13.0 Å². The largest absolute Gasteiger partial charge is 0.480 e. The summed E-state index contributed by atoms with van der Waals surface area (Å²) in [6.07, 6.45) is -0.796. The van der Waals surface area contributed by atoms with Crippen molar-refractivity contribution in [1.29, 1.82) is 0 Å². The molecular weight excluding hydrogens is 218 g/mol. The van der Waals surface area contributed by atoms with Gasteiger partial charge in [-0.15, -0.1) is 0 Å². The maximum atomic E-state index is 10.3. The Hall–Kier alpha value is -1.67. The predicted octanol–water partition coefficient (Wildman–Crippen LogP) is -1.06. The molecule has 94 valence electrons. The van der Waals surface area contributed by atoms with Gasteiger partial charge in [-0.1, -0.05) is 6.92 Å². The van der Waals surface area contributed by atoms with E-state index in [9.17, 15) is 14.4 Å². The molecule has 1 atom stereocenters. The second kappa shape index (κ2) is 9.87. The fraction of sp³-hybridized carbons (Fsp3) is 0.625. The average Bonchev–Trinajstić information content (AvgIpc) is 2.16. The third kappa shape index (κ3) is 12.3. The van der Waals surface area contributed by atoms with Gasteiger partial charge in [0.25, 0.3) is 0 Å². The van der Waals surface area contributed by atoms with Crippen molar-refractivity contribution in [3.8, 4) is 0 Å². The monoisotopic (exact) mass is 235 g/mol. The summed E-state index contributed by atoms with van der Waals surface area (Å²) in [5.74, 6) is -1.49. The lowest BCUT2D eigenvalue weighted by Gasteiger charge is -1.97. The molecule has 0 radical (unpaired) electrons. The van der Waals surface area contributed by atoms with Gasteiger partial charge in [-0.3, -0.25) is 14.9 Å². The summed E-state index contributed by atoms with van der Waals surface area (Å²) in [6.45, 7) is 1.90. The van der Waals surface area contributed by atoms with Crippen LogP contribution in [0.25, 0.3) is 0 Å². The first kappa shape index (κ1) is 16.7. The first-order valence-corrected chi connectivity index (χ1v) is 4.56. The molecule has 0 aliphatic rings. The fourth-order valence-electron chi connectivity index (χ4n) is 0.487. The van der Waals surface area contributed by atoms with Crippen molar-refractivity contribution in [2.24, 2.45) is 11.5 Å². The van der Waals surface area contributed by atoms with E-state index < -0.39 is 24.0 Å². The number of amides is 2. The van der Waals surface area contributed by atoms with Gasteiger partial charge in [0.15, 0.2) is 0 Å². The highest BCUT2D eigenvalue weighted by Gasteiger charge is 2.05. The van der Waals surface area contributed by atoms with Gasteiger partial charge in [0.2, 0.25) is 5.91 Å². The Balaban J connectivity index is 0. The molecule has 0 aromatic rings. The Bertz CT molecular complexity index is 244. The minimum absolute atomic E-state index is 0.0479. The molecule has 16 heavy (non-hydrogen) atoms. The molecule has 8 heteroatoms. The molecule has 0 saturated heterocycles. The highest BCUT2D eigenvalue weighted by Crippen LogP contribution is 1.82. The molecule has 0 spiro atoms. The Morgan fingerprint density at radius 2 is 1.81 bits per heavy atom. The van der Waals surface area contributed by atoms with Crippen LogP contribution in [0.1, 0.15) is 19.8 Å². The Morgan fingerprint density at radius 1 is 1.31 bits per heavy atom. The molecular formula is C8H17N3O5. The number of carboxylic acids is 1. The summed E-state index contributed by atoms with van der Waals surface area (Å²) in [4.78, 5) is 29.8. The van der Waals surface area contributed by atoms with Crippen LogP contribution in [-0.2, 0) is 9.59 Å². The molecule has 0 saturated carbocycles. The molecule has 0 aromatic heterocycles. The van der Waals surface area contributed by atoms with Gasteiger partial charge >= 0.3 is 12.1 Å². The van der Waals surface area contributed by atoms with E-state index in [4.69, 9.17) is 21.7 Å². The lowest BCUT2D eigenvalue weighted by molar-refractivity contribution is -0.138. The van der Waals surface area contributed by atoms with Crippen molar-refractivity contribution in [3.63, 3.8) is 0 Å². The van der Waals surface area contributed by atoms with Crippen LogP contribution in [-0.4, -0.2) is 40.8 Å². The smallest absolute Gasteiger partial charge is 0.411 e. The molecule has 8 nitrogen and oxygen atoms in total. The summed E-state index contributed by atoms with van der Waals surface area (Å²) in [7, 11) is 0. The number of carbonyl (C=O) groups excluding carboxylic acids is 1. The van der Waals surface area contributed by atoms with E-state index in [-0.39, 0.29) is 13.0 Å². The minimum Gasteiger partial charge on any atom is -0.480 e. The molecule has 7 N–H and O–H groups in total. The zero-order valence-electron chi connectivity index (χ0n) is 8.97. The zero-order chi connectivity index (χ0) is 13.1. The van der Waals surface area contributed by atoms with E-state index in [1.807, 2.05) is 0 Å². The molecule has 2 amide bonds. The van der Waals surface area contributed by atoms with Gasteiger partial charge in [-0.2, -0.15) is 0 Å². The van der Waals surface area contributed by atoms with E-state index in [2.05, 4.69) is 0 Å². The molecule has 0 heterocycles. The predicted molar refractivity (Wildman–Crippen MR) is 55.7 cm³/mol. The van der Waals surface area contributed by atoms with Crippen LogP contribution < -0.4 is 16.8 Å². The van der Waals surface area contributed by atoms with E-state index in [0.29, 0.717) is 6.42 Å². The van der Waals surface area contributed by atoms with E-state index in [1.54, 1.807) is 12.2 Å². The van der Waals surface area contributed by atoms with E-state index in [1.165, 1.54) is 0 Å². The number of carbonyl (C=O) groups is 3. The molecule has 0 fully saturated rings. The second-order valence-electron chi connectivity index (χ2n) is 2.74. The van der Waals surface area contributed by atoms with Crippen molar-refractivity contribution >= 4 is 18.0 Å². The maximum absolute atomic E-state index is 10.3. The Labute approximate surface area is 92.6 Å². The molecule has 0 aliphatic carbocycles. The summed E-state index contributed by atoms with van der Waals surface area (Å²) >= 11 is 0. The molecule has 0 rings (SSSR count). The van der Waals surface area contributed by atoms with Gasteiger partial charge < -0.3 is 21.7 Å². The van der Waals surface area contributed by atoms with Crippen molar-refractivity contribution < 1.29 is 24.6 Å². The third-order valence-electron chi connectivity index (χ3n) is 1.37. The number of imide groups is 1. The van der Waals surface area contributed by atoms with Crippen LogP contribution in [0.15, 0.2) is 0 Å². The quantitative estimate of drug-likeness (QED) is 0.415. The van der Waals surface area contributed by atoms with Gasteiger partial charge in [0.05, 0.1) is 0 Å². The summed E-state index contributed by atoms with van der Waals surface area (Å²) in [5.41, 5.74) is 9.97. The van der Waals surface area contributed by atoms with Crippen LogP contribution >= 0.6 is 0 Å². The van der Waals surface area contributed by atoms with Crippen molar-refractivity contribution in [2.75, 3.05) is 6.54 Å². The van der Waals surface area contributed by atoms with E-state index in [0.717, 1.165) is 0 Å². The highest BCUT2D eigenvalue weighted by molar-refractivity contribution is 5.90. The first-order chi connectivity index (χ1) is 7.34. The fourth-order valence-corrected chi connectivity index (χ4v) is 0.487. The highest BCUT2D eigenvalue weighted by atomic mass is 16.4.